The molecule has 0 bridgehead atoms. The van der Waals surface area contributed by atoms with Crippen LogP contribution in [0.3, 0.4) is 0 Å². The number of ether oxygens (including phenoxy) is 1. The Morgan fingerprint density at radius 3 is 2.52 bits per heavy atom. The van der Waals surface area contributed by atoms with Gasteiger partial charge in [0.1, 0.15) is 11.6 Å². The Labute approximate surface area is 189 Å². The van der Waals surface area contributed by atoms with Crippen molar-refractivity contribution in [1.29, 1.82) is 0 Å². The lowest BCUT2D eigenvalue weighted by molar-refractivity contribution is -0.139. The van der Waals surface area contributed by atoms with Crippen molar-refractivity contribution in [3.8, 4) is 5.75 Å². The maximum Gasteiger partial charge on any atom is 0.260 e. The maximum absolute atomic E-state index is 13.2. The molecule has 5 nitrogen and oxygen atoms in total. The molecule has 168 valence electrons. The summed E-state index contributed by atoms with van der Waals surface area (Å²) in [6.07, 6.45) is 0. The molecule has 0 saturated carbocycles. The standard InChI is InChI=1S/C24H31ClFN3O2/c1-17-13-29(18(2)12-28(17)14-19-5-8-22(26)9-6-19)24(30)16-31-23-10-7-21(25)11-20(23)15-27(3)4/h5-11,17-18H,12-16H2,1-4H3/t17-,18+/m1/s1. The lowest BCUT2D eigenvalue weighted by atomic mass is 10.1. The number of halogens is 2. The fourth-order valence-corrected chi connectivity index (χ4v) is 4.16. The van der Waals surface area contributed by atoms with Gasteiger partial charge in [0, 0.05) is 48.8 Å². The lowest BCUT2D eigenvalue weighted by Gasteiger charge is -2.44. The van der Waals surface area contributed by atoms with E-state index >= 15 is 0 Å². The van der Waals surface area contributed by atoms with Gasteiger partial charge in [-0.25, -0.2) is 4.39 Å². The summed E-state index contributed by atoms with van der Waals surface area (Å²) in [5, 5.41) is 0.648. The summed E-state index contributed by atoms with van der Waals surface area (Å²) in [4.78, 5) is 19.2. The van der Waals surface area contributed by atoms with Crippen LogP contribution in [-0.2, 0) is 17.9 Å². The Morgan fingerprint density at radius 1 is 1.13 bits per heavy atom. The Morgan fingerprint density at radius 2 is 1.84 bits per heavy atom. The van der Waals surface area contributed by atoms with Crippen LogP contribution in [-0.4, -0.2) is 66.5 Å². The first-order chi connectivity index (χ1) is 14.7. The fraction of sp³-hybridized carbons (Fsp3) is 0.458. The van der Waals surface area contributed by atoms with Gasteiger partial charge < -0.3 is 14.5 Å². The number of amides is 1. The third-order valence-corrected chi connectivity index (χ3v) is 5.83. The highest BCUT2D eigenvalue weighted by Gasteiger charge is 2.32. The highest BCUT2D eigenvalue weighted by molar-refractivity contribution is 6.30. The molecule has 0 aliphatic carbocycles. The van der Waals surface area contributed by atoms with Crippen LogP contribution in [0.15, 0.2) is 42.5 Å². The SMILES string of the molecule is C[C@@H]1CN(C(=O)COc2ccc(Cl)cc2CN(C)C)[C@@H](C)CN1Cc1ccc(F)cc1. The highest BCUT2D eigenvalue weighted by atomic mass is 35.5. The average molecular weight is 448 g/mol. The molecular formula is C24H31ClFN3O2. The van der Waals surface area contributed by atoms with E-state index in [1.807, 2.05) is 48.2 Å². The van der Waals surface area contributed by atoms with E-state index in [2.05, 4.69) is 18.7 Å². The molecule has 1 aliphatic rings. The van der Waals surface area contributed by atoms with E-state index in [0.717, 1.165) is 24.2 Å². The van der Waals surface area contributed by atoms with Crippen LogP contribution in [0.2, 0.25) is 5.02 Å². The first-order valence-corrected chi connectivity index (χ1v) is 10.9. The molecule has 2 atom stereocenters. The summed E-state index contributed by atoms with van der Waals surface area (Å²) in [5.74, 6) is 0.434. The van der Waals surface area contributed by atoms with Gasteiger partial charge in [0.2, 0.25) is 0 Å². The molecule has 0 aromatic heterocycles. The van der Waals surface area contributed by atoms with Gasteiger partial charge in [-0.15, -0.1) is 0 Å². The van der Waals surface area contributed by atoms with Crippen molar-refractivity contribution < 1.29 is 13.9 Å². The zero-order valence-corrected chi connectivity index (χ0v) is 19.4. The lowest BCUT2D eigenvalue weighted by Crippen LogP contribution is -2.58. The van der Waals surface area contributed by atoms with Gasteiger partial charge in [-0.05, 0) is 63.8 Å². The number of hydrogen-bond acceptors (Lipinski definition) is 4. The monoisotopic (exact) mass is 447 g/mol. The molecule has 0 unspecified atom stereocenters. The van der Waals surface area contributed by atoms with E-state index in [1.165, 1.54) is 12.1 Å². The summed E-state index contributed by atoms with van der Waals surface area (Å²) in [7, 11) is 3.95. The third-order valence-electron chi connectivity index (χ3n) is 5.59. The quantitative estimate of drug-likeness (QED) is 0.641. The first kappa shape index (κ1) is 23.5. The Bertz CT molecular complexity index is 891. The highest BCUT2D eigenvalue weighted by Crippen LogP contribution is 2.25. The maximum atomic E-state index is 13.2. The molecule has 3 rings (SSSR count). The van der Waals surface area contributed by atoms with Crippen LogP contribution in [0.4, 0.5) is 4.39 Å². The van der Waals surface area contributed by atoms with Crippen molar-refractivity contribution in [1.82, 2.24) is 14.7 Å². The number of rotatable bonds is 7. The molecule has 2 aromatic carbocycles. The second-order valence-corrected chi connectivity index (χ2v) is 9.01. The summed E-state index contributed by atoms with van der Waals surface area (Å²) in [6, 6.07) is 12.3. The van der Waals surface area contributed by atoms with Gasteiger partial charge in [0.05, 0.1) is 0 Å². The van der Waals surface area contributed by atoms with E-state index in [1.54, 1.807) is 6.07 Å². The molecule has 0 spiro atoms. The van der Waals surface area contributed by atoms with Crippen molar-refractivity contribution in [3.05, 3.63) is 64.4 Å². The van der Waals surface area contributed by atoms with Crippen LogP contribution in [0, 0.1) is 5.82 Å². The molecule has 1 saturated heterocycles. The summed E-state index contributed by atoms with van der Waals surface area (Å²) in [6.45, 7) is 6.98. The normalized spacial score (nSPS) is 19.6. The van der Waals surface area contributed by atoms with E-state index in [-0.39, 0.29) is 30.4 Å². The summed E-state index contributed by atoms with van der Waals surface area (Å²) in [5.41, 5.74) is 2.02. The number of nitrogens with zero attached hydrogens (tertiary/aromatic N) is 3. The van der Waals surface area contributed by atoms with E-state index < -0.39 is 0 Å². The average Bonchev–Trinajstić information content (AvgIpc) is 2.71. The van der Waals surface area contributed by atoms with E-state index in [4.69, 9.17) is 16.3 Å². The molecule has 0 N–H and O–H groups in total. The summed E-state index contributed by atoms with van der Waals surface area (Å²) < 4.78 is 19.1. The van der Waals surface area contributed by atoms with Gasteiger partial charge in [-0.2, -0.15) is 0 Å². The number of benzene rings is 2. The van der Waals surface area contributed by atoms with Crippen LogP contribution in [0.5, 0.6) is 5.75 Å². The zero-order valence-electron chi connectivity index (χ0n) is 18.6. The number of hydrogen-bond donors (Lipinski definition) is 0. The molecular weight excluding hydrogens is 417 g/mol. The topological polar surface area (TPSA) is 36.0 Å². The van der Waals surface area contributed by atoms with Gasteiger partial charge in [0.25, 0.3) is 5.91 Å². The van der Waals surface area contributed by atoms with Crippen molar-refractivity contribution in [2.75, 3.05) is 33.8 Å². The van der Waals surface area contributed by atoms with Crippen LogP contribution >= 0.6 is 11.6 Å². The molecule has 31 heavy (non-hydrogen) atoms. The molecule has 0 radical (unpaired) electrons. The molecule has 1 amide bonds. The van der Waals surface area contributed by atoms with Crippen LogP contribution in [0.1, 0.15) is 25.0 Å². The Kier molecular flexibility index (Phi) is 7.92. The molecule has 1 aliphatic heterocycles. The number of carbonyl (C=O) groups excluding carboxylic acids is 1. The smallest absolute Gasteiger partial charge is 0.260 e. The van der Waals surface area contributed by atoms with Gasteiger partial charge in [-0.1, -0.05) is 23.7 Å². The second kappa shape index (κ2) is 10.4. The van der Waals surface area contributed by atoms with Crippen molar-refractivity contribution in [2.24, 2.45) is 0 Å². The van der Waals surface area contributed by atoms with Gasteiger partial charge in [0.15, 0.2) is 6.61 Å². The van der Waals surface area contributed by atoms with Gasteiger partial charge >= 0.3 is 0 Å². The third kappa shape index (κ3) is 6.42. The largest absolute Gasteiger partial charge is 0.483 e. The Hall–Kier alpha value is -2.15. The fourth-order valence-electron chi connectivity index (χ4n) is 3.97. The molecule has 2 aromatic rings. The molecule has 1 fully saturated rings. The molecule has 1 heterocycles. The van der Waals surface area contributed by atoms with Crippen LogP contribution < -0.4 is 4.74 Å². The van der Waals surface area contributed by atoms with Crippen molar-refractivity contribution in [3.63, 3.8) is 0 Å². The number of carbonyl (C=O) groups is 1. The van der Waals surface area contributed by atoms with E-state index in [0.29, 0.717) is 23.9 Å². The minimum atomic E-state index is -0.227. The predicted molar refractivity (Wildman–Crippen MR) is 122 cm³/mol. The zero-order chi connectivity index (χ0) is 22.5. The van der Waals surface area contributed by atoms with Gasteiger partial charge in [-0.3, -0.25) is 9.69 Å². The number of piperazine rings is 1. The predicted octanol–water partition coefficient (Wildman–Crippen LogP) is 4.04. The second-order valence-electron chi connectivity index (χ2n) is 8.58. The minimum Gasteiger partial charge on any atom is -0.483 e. The molecule has 7 heteroatoms. The minimum absolute atomic E-state index is 0.00289. The van der Waals surface area contributed by atoms with Crippen molar-refractivity contribution >= 4 is 17.5 Å². The van der Waals surface area contributed by atoms with Crippen LogP contribution in [0.25, 0.3) is 0 Å². The summed E-state index contributed by atoms with van der Waals surface area (Å²) >= 11 is 6.13. The van der Waals surface area contributed by atoms with Crippen molar-refractivity contribution in [2.45, 2.75) is 39.0 Å². The van der Waals surface area contributed by atoms with E-state index in [9.17, 15) is 9.18 Å². The first-order valence-electron chi connectivity index (χ1n) is 10.6. The Balaban J connectivity index is 1.59.